The van der Waals surface area contributed by atoms with Gasteiger partial charge in [0.15, 0.2) is 0 Å². The van der Waals surface area contributed by atoms with Crippen molar-refractivity contribution in [2.45, 2.75) is 27.7 Å². The summed E-state index contributed by atoms with van der Waals surface area (Å²) in [6.07, 6.45) is 0. The van der Waals surface area contributed by atoms with Gasteiger partial charge in [-0.05, 0) is 39.8 Å². The number of anilines is 1. The van der Waals surface area contributed by atoms with Gasteiger partial charge in [0, 0.05) is 18.8 Å². The summed E-state index contributed by atoms with van der Waals surface area (Å²) in [4.78, 5) is 27.7. The molecule has 110 valence electrons. The molecule has 0 aromatic carbocycles. The van der Waals surface area contributed by atoms with Crippen LogP contribution in [0.15, 0.2) is 18.2 Å². The van der Waals surface area contributed by atoms with E-state index in [0.29, 0.717) is 12.4 Å². The van der Waals surface area contributed by atoms with Gasteiger partial charge in [0.05, 0.1) is 5.41 Å². The van der Waals surface area contributed by atoms with Crippen LogP contribution < -0.4 is 16.0 Å². The van der Waals surface area contributed by atoms with E-state index in [1.54, 1.807) is 19.9 Å². The Morgan fingerprint density at radius 2 is 1.95 bits per heavy atom. The Bertz CT molecular complexity index is 486. The van der Waals surface area contributed by atoms with E-state index in [4.69, 9.17) is 0 Å². The Morgan fingerprint density at radius 3 is 2.55 bits per heavy atom. The zero-order valence-electron chi connectivity index (χ0n) is 12.4. The number of urea groups is 1. The molecule has 3 N–H and O–H groups in total. The van der Waals surface area contributed by atoms with Crippen molar-refractivity contribution in [1.29, 1.82) is 0 Å². The van der Waals surface area contributed by atoms with Crippen LogP contribution >= 0.6 is 0 Å². The molecule has 0 saturated carbocycles. The molecule has 0 unspecified atom stereocenters. The summed E-state index contributed by atoms with van der Waals surface area (Å²) in [5.41, 5.74) is 0.165. The molecule has 0 atom stereocenters. The van der Waals surface area contributed by atoms with E-state index in [9.17, 15) is 9.59 Å². The molecule has 6 heteroatoms. The largest absolute Gasteiger partial charge is 0.356 e. The Labute approximate surface area is 119 Å². The highest BCUT2D eigenvalue weighted by atomic mass is 16.2. The molecule has 1 rings (SSSR count). The van der Waals surface area contributed by atoms with E-state index in [2.05, 4.69) is 20.9 Å². The number of pyridine rings is 1. The molecule has 1 aromatic heterocycles. The highest BCUT2D eigenvalue weighted by molar-refractivity contribution is 5.89. The van der Waals surface area contributed by atoms with Gasteiger partial charge in [-0.3, -0.25) is 10.1 Å². The predicted octanol–water partition coefficient (Wildman–Crippen LogP) is 1.67. The number of hydrogen-bond donors (Lipinski definition) is 3. The van der Waals surface area contributed by atoms with Crippen LogP contribution in [0, 0.1) is 12.3 Å². The molecule has 1 heterocycles. The fourth-order valence-electron chi connectivity index (χ4n) is 1.55. The minimum Gasteiger partial charge on any atom is -0.356 e. The van der Waals surface area contributed by atoms with Crippen LogP contribution in [0.25, 0.3) is 0 Å². The maximum Gasteiger partial charge on any atom is 0.320 e. The Morgan fingerprint density at radius 1 is 1.25 bits per heavy atom. The molecule has 20 heavy (non-hydrogen) atoms. The van der Waals surface area contributed by atoms with Crippen molar-refractivity contribution in [3.8, 4) is 0 Å². The van der Waals surface area contributed by atoms with Crippen LogP contribution in [-0.4, -0.2) is 30.0 Å². The minimum absolute atomic E-state index is 0.0889. The maximum absolute atomic E-state index is 11.8. The standard InChI is InChI=1S/C14H22N4O2/c1-5-15-12(19)14(3,4)9-16-13(20)18-11-8-6-7-10(2)17-11/h6-8H,5,9H2,1-4H3,(H,15,19)(H2,16,17,18,20). The third-order valence-electron chi connectivity index (χ3n) is 2.77. The van der Waals surface area contributed by atoms with E-state index in [0.717, 1.165) is 5.69 Å². The van der Waals surface area contributed by atoms with Gasteiger partial charge in [0.2, 0.25) is 5.91 Å². The van der Waals surface area contributed by atoms with Crippen LogP contribution in [0.4, 0.5) is 10.6 Å². The summed E-state index contributed by atoms with van der Waals surface area (Å²) in [6.45, 7) is 8.09. The first-order chi connectivity index (χ1) is 9.35. The summed E-state index contributed by atoms with van der Waals surface area (Å²) in [7, 11) is 0. The first-order valence-electron chi connectivity index (χ1n) is 6.62. The number of amides is 3. The van der Waals surface area contributed by atoms with Crippen LogP contribution in [0.5, 0.6) is 0 Å². The zero-order chi connectivity index (χ0) is 15.2. The van der Waals surface area contributed by atoms with Crippen molar-refractivity contribution in [3.63, 3.8) is 0 Å². The lowest BCUT2D eigenvalue weighted by molar-refractivity contribution is -0.128. The molecule has 6 nitrogen and oxygen atoms in total. The Hall–Kier alpha value is -2.11. The van der Waals surface area contributed by atoms with E-state index in [1.165, 1.54) is 0 Å². The molecule has 0 fully saturated rings. The van der Waals surface area contributed by atoms with Gasteiger partial charge in [0.1, 0.15) is 5.82 Å². The number of carbonyl (C=O) groups is 2. The molecule has 0 aliphatic heterocycles. The minimum atomic E-state index is -0.659. The summed E-state index contributed by atoms with van der Waals surface area (Å²) < 4.78 is 0. The van der Waals surface area contributed by atoms with E-state index >= 15 is 0 Å². The van der Waals surface area contributed by atoms with Crippen molar-refractivity contribution in [2.75, 3.05) is 18.4 Å². The number of hydrogen-bond acceptors (Lipinski definition) is 3. The monoisotopic (exact) mass is 278 g/mol. The zero-order valence-corrected chi connectivity index (χ0v) is 12.4. The number of carbonyl (C=O) groups excluding carboxylic acids is 2. The van der Waals surface area contributed by atoms with Crippen molar-refractivity contribution in [1.82, 2.24) is 15.6 Å². The molecule has 3 amide bonds. The fourth-order valence-corrected chi connectivity index (χ4v) is 1.55. The van der Waals surface area contributed by atoms with Crippen molar-refractivity contribution >= 4 is 17.8 Å². The van der Waals surface area contributed by atoms with Crippen LogP contribution in [0.2, 0.25) is 0 Å². The van der Waals surface area contributed by atoms with E-state index in [1.807, 2.05) is 26.0 Å². The van der Waals surface area contributed by atoms with Crippen molar-refractivity contribution < 1.29 is 9.59 Å². The molecule has 0 bridgehead atoms. The topological polar surface area (TPSA) is 83.1 Å². The highest BCUT2D eigenvalue weighted by Crippen LogP contribution is 2.13. The molecule has 0 aliphatic carbocycles. The Kier molecular flexibility index (Phi) is 5.49. The summed E-state index contributed by atoms with van der Waals surface area (Å²) >= 11 is 0. The van der Waals surface area contributed by atoms with Gasteiger partial charge in [-0.25, -0.2) is 9.78 Å². The molecule has 0 saturated heterocycles. The van der Waals surface area contributed by atoms with Crippen LogP contribution in [-0.2, 0) is 4.79 Å². The second-order valence-electron chi connectivity index (χ2n) is 5.22. The molecule has 0 aliphatic rings. The van der Waals surface area contributed by atoms with Gasteiger partial charge in [0.25, 0.3) is 0 Å². The summed E-state index contributed by atoms with van der Waals surface area (Å²) in [5.74, 6) is 0.396. The second kappa shape index (κ2) is 6.88. The quantitative estimate of drug-likeness (QED) is 0.766. The van der Waals surface area contributed by atoms with Crippen molar-refractivity contribution in [3.05, 3.63) is 23.9 Å². The summed E-state index contributed by atoms with van der Waals surface area (Å²) in [5, 5.41) is 8.06. The smallest absolute Gasteiger partial charge is 0.320 e. The molecule has 0 radical (unpaired) electrons. The van der Waals surface area contributed by atoms with Gasteiger partial charge >= 0.3 is 6.03 Å². The lowest BCUT2D eigenvalue weighted by atomic mass is 9.92. The Balaban J connectivity index is 2.49. The normalized spacial score (nSPS) is 10.8. The average molecular weight is 278 g/mol. The highest BCUT2D eigenvalue weighted by Gasteiger charge is 2.27. The van der Waals surface area contributed by atoms with Gasteiger partial charge < -0.3 is 10.6 Å². The maximum atomic E-state index is 11.8. The number of nitrogens with one attached hydrogen (secondary N) is 3. The first-order valence-corrected chi connectivity index (χ1v) is 6.62. The number of nitrogens with zero attached hydrogens (tertiary/aromatic N) is 1. The van der Waals surface area contributed by atoms with Crippen LogP contribution in [0.3, 0.4) is 0 Å². The fraction of sp³-hybridized carbons (Fsp3) is 0.500. The number of rotatable bonds is 5. The average Bonchev–Trinajstić information content (AvgIpc) is 2.37. The summed E-state index contributed by atoms with van der Waals surface area (Å²) in [6, 6.07) is 5.00. The molecule has 1 aromatic rings. The van der Waals surface area contributed by atoms with E-state index < -0.39 is 5.41 Å². The lowest BCUT2D eigenvalue weighted by Crippen LogP contribution is -2.45. The van der Waals surface area contributed by atoms with Gasteiger partial charge in [-0.2, -0.15) is 0 Å². The SMILES string of the molecule is CCNC(=O)C(C)(C)CNC(=O)Nc1cccc(C)n1. The second-order valence-corrected chi connectivity index (χ2v) is 5.22. The number of aryl methyl sites for hydroxylation is 1. The van der Waals surface area contributed by atoms with E-state index in [-0.39, 0.29) is 18.5 Å². The third-order valence-corrected chi connectivity index (χ3v) is 2.77. The number of aromatic nitrogens is 1. The van der Waals surface area contributed by atoms with Gasteiger partial charge in [-0.1, -0.05) is 6.07 Å². The van der Waals surface area contributed by atoms with Gasteiger partial charge in [-0.15, -0.1) is 0 Å². The predicted molar refractivity (Wildman–Crippen MR) is 78.5 cm³/mol. The molecular weight excluding hydrogens is 256 g/mol. The lowest BCUT2D eigenvalue weighted by Gasteiger charge is -2.23. The van der Waals surface area contributed by atoms with Crippen molar-refractivity contribution in [2.24, 2.45) is 5.41 Å². The third kappa shape index (κ3) is 4.87. The first kappa shape index (κ1) is 15.9. The molecule has 0 spiro atoms. The van der Waals surface area contributed by atoms with Crippen LogP contribution in [0.1, 0.15) is 26.5 Å². The molecular formula is C14H22N4O2.